The summed E-state index contributed by atoms with van der Waals surface area (Å²) in [5, 5.41) is 15.0. The molecule has 0 rings (SSSR count). The molecule has 0 aliphatic carbocycles. The minimum atomic E-state index is 0.219. The largest absolute Gasteiger partial charge is 0.400 e. The fourth-order valence-electron chi connectivity index (χ4n) is 0.0913. The van der Waals surface area contributed by atoms with Crippen LogP contribution in [0.4, 0.5) is 0 Å². The van der Waals surface area contributed by atoms with Crippen molar-refractivity contribution >= 4 is 0 Å². The molecule has 0 saturated heterocycles. The standard InChI is InChI=1S/C3H9NO.CH4O/c4-2-1-3-5;1-2/h5H,1-4H2;2H,1H3. The monoisotopic (exact) mass is 107 g/mol. The molecule has 0 atom stereocenters. The number of rotatable bonds is 2. The lowest BCUT2D eigenvalue weighted by molar-refractivity contribution is 0.291. The molecular weight excluding hydrogens is 94.0 g/mol. The third-order valence-electron chi connectivity index (χ3n) is 0.362. The Morgan fingerprint density at radius 2 is 1.86 bits per heavy atom. The maximum atomic E-state index is 7.99. The Hall–Kier alpha value is -0.120. The first-order valence-electron chi connectivity index (χ1n) is 2.17. The van der Waals surface area contributed by atoms with Crippen molar-refractivity contribution in [2.24, 2.45) is 5.73 Å². The van der Waals surface area contributed by atoms with Crippen LogP contribution in [0.2, 0.25) is 0 Å². The molecule has 0 saturated carbocycles. The SMILES string of the molecule is CO.NCCCO. The molecule has 46 valence electrons. The van der Waals surface area contributed by atoms with E-state index in [-0.39, 0.29) is 6.61 Å². The smallest absolute Gasteiger partial charge is 0.0443 e. The lowest BCUT2D eigenvalue weighted by Gasteiger charge is -1.80. The molecule has 4 N–H and O–H groups in total. The second-order valence-corrected chi connectivity index (χ2v) is 0.866. The molecule has 0 bridgehead atoms. The van der Waals surface area contributed by atoms with Crippen molar-refractivity contribution in [3.63, 3.8) is 0 Å². The molecule has 0 unspecified atom stereocenters. The second kappa shape index (κ2) is 16.9. The quantitative estimate of drug-likeness (QED) is 0.421. The second-order valence-electron chi connectivity index (χ2n) is 0.866. The van der Waals surface area contributed by atoms with Gasteiger partial charge in [0.05, 0.1) is 0 Å². The first kappa shape index (κ1) is 9.99. The van der Waals surface area contributed by atoms with E-state index in [4.69, 9.17) is 15.9 Å². The van der Waals surface area contributed by atoms with E-state index in [1.54, 1.807) is 0 Å². The van der Waals surface area contributed by atoms with Crippen LogP contribution >= 0.6 is 0 Å². The van der Waals surface area contributed by atoms with Gasteiger partial charge in [0.1, 0.15) is 0 Å². The average molecular weight is 107 g/mol. The highest BCUT2D eigenvalue weighted by Gasteiger charge is 1.69. The summed E-state index contributed by atoms with van der Waals surface area (Å²) in [5.74, 6) is 0. The van der Waals surface area contributed by atoms with Crippen LogP contribution in [0.15, 0.2) is 0 Å². The van der Waals surface area contributed by atoms with E-state index in [0.29, 0.717) is 6.54 Å². The normalized spacial score (nSPS) is 6.86. The number of hydrogen-bond donors (Lipinski definition) is 3. The van der Waals surface area contributed by atoms with Gasteiger partial charge in [0.2, 0.25) is 0 Å². The van der Waals surface area contributed by atoms with Gasteiger partial charge in [0.15, 0.2) is 0 Å². The molecule has 0 heterocycles. The summed E-state index contributed by atoms with van der Waals surface area (Å²) in [6.07, 6.45) is 0.722. The Labute approximate surface area is 43.8 Å². The predicted octanol–water partition coefficient (Wildman–Crippen LogP) is -1.06. The summed E-state index contributed by atoms with van der Waals surface area (Å²) in [7, 11) is 1.00. The van der Waals surface area contributed by atoms with Crippen LogP contribution in [-0.4, -0.2) is 30.5 Å². The minimum absolute atomic E-state index is 0.219. The molecule has 0 amide bonds. The van der Waals surface area contributed by atoms with Gasteiger partial charge in [-0.15, -0.1) is 0 Å². The molecule has 0 aromatic rings. The van der Waals surface area contributed by atoms with Crippen molar-refractivity contribution in [3.05, 3.63) is 0 Å². The van der Waals surface area contributed by atoms with E-state index in [9.17, 15) is 0 Å². The van der Waals surface area contributed by atoms with Crippen molar-refractivity contribution in [1.82, 2.24) is 0 Å². The van der Waals surface area contributed by atoms with Crippen molar-refractivity contribution in [3.8, 4) is 0 Å². The Kier molecular flexibility index (Phi) is 24.1. The Morgan fingerprint density at radius 1 is 1.43 bits per heavy atom. The van der Waals surface area contributed by atoms with Crippen LogP contribution in [0.5, 0.6) is 0 Å². The van der Waals surface area contributed by atoms with Crippen LogP contribution in [-0.2, 0) is 0 Å². The molecule has 7 heavy (non-hydrogen) atoms. The molecule has 0 aliphatic rings. The number of aliphatic hydroxyl groups is 2. The molecule has 0 spiro atoms. The summed E-state index contributed by atoms with van der Waals surface area (Å²) in [6.45, 7) is 0.812. The van der Waals surface area contributed by atoms with E-state index in [1.165, 1.54) is 0 Å². The highest BCUT2D eigenvalue weighted by Crippen LogP contribution is 1.62. The summed E-state index contributed by atoms with van der Waals surface area (Å²) < 4.78 is 0. The molecule has 0 radical (unpaired) electrons. The van der Waals surface area contributed by atoms with Gasteiger partial charge in [0.25, 0.3) is 0 Å². The maximum absolute atomic E-state index is 7.99. The average Bonchev–Trinajstić information content (AvgIpc) is 1.75. The molecule has 0 aromatic carbocycles. The number of nitrogens with two attached hydrogens (primary N) is 1. The molecule has 3 heteroatoms. The maximum Gasteiger partial charge on any atom is 0.0443 e. The van der Waals surface area contributed by atoms with Gasteiger partial charge in [-0.25, -0.2) is 0 Å². The first-order chi connectivity index (χ1) is 3.41. The van der Waals surface area contributed by atoms with Gasteiger partial charge in [-0.1, -0.05) is 0 Å². The Morgan fingerprint density at radius 3 is 1.86 bits per heavy atom. The fraction of sp³-hybridized carbons (Fsp3) is 1.00. The zero-order valence-electron chi connectivity index (χ0n) is 4.59. The van der Waals surface area contributed by atoms with E-state index in [1.807, 2.05) is 0 Å². The topological polar surface area (TPSA) is 66.5 Å². The van der Waals surface area contributed by atoms with E-state index in [0.717, 1.165) is 13.5 Å². The van der Waals surface area contributed by atoms with Gasteiger partial charge < -0.3 is 15.9 Å². The van der Waals surface area contributed by atoms with Crippen molar-refractivity contribution in [1.29, 1.82) is 0 Å². The third-order valence-corrected chi connectivity index (χ3v) is 0.362. The minimum Gasteiger partial charge on any atom is -0.400 e. The highest BCUT2D eigenvalue weighted by molar-refractivity contribution is 4.28. The molecule has 0 fully saturated rings. The van der Waals surface area contributed by atoms with Crippen LogP contribution in [0.1, 0.15) is 6.42 Å². The van der Waals surface area contributed by atoms with Crippen LogP contribution in [0.25, 0.3) is 0 Å². The summed E-state index contributed by atoms with van der Waals surface area (Å²) in [6, 6.07) is 0. The zero-order chi connectivity index (χ0) is 6.12. The van der Waals surface area contributed by atoms with Crippen molar-refractivity contribution in [2.45, 2.75) is 6.42 Å². The van der Waals surface area contributed by atoms with Crippen LogP contribution < -0.4 is 5.73 Å². The summed E-state index contributed by atoms with van der Waals surface area (Å²) in [5.41, 5.74) is 4.98. The van der Waals surface area contributed by atoms with E-state index < -0.39 is 0 Å². The number of aliphatic hydroxyl groups excluding tert-OH is 2. The van der Waals surface area contributed by atoms with Gasteiger partial charge >= 0.3 is 0 Å². The van der Waals surface area contributed by atoms with Crippen molar-refractivity contribution in [2.75, 3.05) is 20.3 Å². The number of hydrogen-bond acceptors (Lipinski definition) is 3. The summed E-state index contributed by atoms with van der Waals surface area (Å²) in [4.78, 5) is 0. The lowest BCUT2D eigenvalue weighted by atomic mass is 10.5. The molecule has 3 nitrogen and oxygen atoms in total. The lowest BCUT2D eigenvalue weighted by Crippen LogP contribution is -1.99. The first-order valence-corrected chi connectivity index (χ1v) is 2.17. The zero-order valence-corrected chi connectivity index (χ0v) is 4.59. The van der Waals surface area contributed by atoms with Crippen molar-refractivity contribution < 1.29 is 10.2 Å². The van der Waals surface area contributed by atoms with E-state index >= 15 is 0 Å². The predicted molar refractivity (Wildman–Crippen MR) is 28.9 cm³/mol. The van der Waals surface area contributed by atoms with Crippen LogP contribution in [0, 0.1) is 0 Å². The Balaban J connectivity index is 0. The third kappa shape index (κ3) is 25.0. The van der Waals surface area contributed by atoms with Gasteiger partial charge in [-0.3, -0.25) is 0 Å². The summed E-state index contributed by atoms with van der Waals surface area (Å²) >= 11 is 0. The van der Waals surface area contributed by atoms with Gasteiger partial charge in [-0.05, 0) is 13.0 Å². The van der Waals surface area contributed by atoms with Gasteiger partial charge in [-0.2, -0.15) is 0 Å². The van der Waals surface area contributed by atoms with Crippen LogP contribution in [0.3, 0.4) is 0 Å². The van der Waals surface area contributed by atoms with E-state index in [2.05, 4.69) is 0 Å². The fourth-order valence-corrected chi connectivity index (χ4v) is 0.0913. The molecule has 0 aliphatic heterocycles. The Bertz CT molecular complexity index is 17.2. The highest BCUT2D eigenvalue weighted by atomic mass is 16.3. The molecule has 0 aromatic heterocycles. The van der Waals surface area contributed by atoms with Gasteiger partial charge in [0, 0.05) is 13.7 Å². The molecular formula is C4H13NO2.